The van der Waals surface area contributed by atoms with Crippen molar-refractivity contribution < 1.29 is 8.81 Å². The molecule has 0 bridgehead atoms. The van der Waals surface area contributed by atoms with Crippen LogP contribution in [0.15, 0.2) is 40.3 Å². The third-order valence-corrected chi connectivity index (χ3v) is 3.03. The van der Waals surface area contributed by atoms with Gasteiger partial charge < -0.3 is 10.2 Å². The molecule has 3 nitrogen and oxygen atoms in total. The Morgan fingerprint density at radius 1 is 1.44 bits per heavy atom. The zero-order chi connectivity index (χ0) is 11.4. The Morgan fingerprint density at radius 2 is 2.31 bits per heavy atom. The van der Waals surface area contributed by atoms with Crippen LogP contribution in [0.25, 0.3) is 0 Å². The molecule has 0 spiro atoms. The molecule has 0 aliphatic heterocycles. The van der Waals surface area contributed by atoms with Crippen LogP contribution in [0.3, 0.4) is 0 Å². The topological polar surface area (TPSA) is 52.0 Å². The molecule has 0 saturated carbocycles. The average molecular weight is 238 g/mol. The molecule has 5 heteroatoms. The lowest BCUT2D eigenvalue weighted by atomic mass is 10.1. The Bertz CT molecular complexity index is 459. The number of hydrogen-bond acceptors (Lipinski definition) is 4. The van der Waals surface area contributed by atoms with E-state index in [0.717, 1.165) is 5.56 Å². The standard InChI is InChI=1S/C11H11FN2OS/c12-10-2-1-8(5-9(10)6-13)7-16-11-14-3-4-15-11/h1-5H,6-7,13H2. The number of halogens is 1. The highest BCUT2D eigenvalue weighted by atomic mass is 32.2. The third-order valence-electron chi connectivity index (χ3n) is 2.10. The molecule has 0 fully saturated rings. The first-order chi connectivity index (χ1) is 7.79. The van der Waals surface area contributed by atoms with Crippen molar-refractivity contribution in [2.24, 2.45) is 5.73 Å². The zero-order valence-corrected chi connectivity index (χ0v) is 9.34. The highest BCUT2D eigenvalue weighted by Gasteiger charge is 2.04. The van der Waals surface area contributed by atoms with Gasteiger partial charge in [0.1, 0.15) is 12.1 Å². The molecule has 1 heterocycles. The highest BCUT2D eigenvalue weighted by Crippen LogP contribution is 2.21. The summed E-state index contributed by atoms with van der Waals surface area (Å²) in [7, 11) is 0. The van der Waals surface area contributed by atoms with Crippen LogP contribution >= 0.6 is 11.8 Å². The summed E-state index contributed by atoms with van der Waals surface area (Å²) in [5.74, 6) is 0.431. The van der Waals surface area contributed by atoms with E-state index in [4.69, 9.17) is 10.2 Å². The van der Waals surface area contributed by atoms with Crippen molar-refractivity contribution in [3.8, 4) is 0 Å². The van der Waals surface area contributed by atoms with E-state index in [-0.39, 0.29) is 12.4 Å². The smallest absolute Gasteiger partial charge is 0.255 e. The van der Waals surface area contributed by atoms with E-state index < -0.39 is 0 Å². The first-order valence-electron chi connectivity index (χ1n) is 4.79. The van der Waals surface area contributed by atoms with Crippen molar-refractivity contribution in [1.82, 2.24) is 4.98 Å². The van der Waals surface area contributed by atoms with Gasteiger partial charge in [0.25, 0.3) is 5.22 Å². The zero-order valence-electron chi connectivity index (χ0n) is 8.52. The number of nitrogens with two attached hydrogens (primary N) is 1. The number of thioether (sulfide) groups is 1. The summed E-state index contributed by atoms with van der Waals surface area (Å²) in [6, 6.07) is 4.95. The lowest BCUT2D eigenvalue weighted by Crippen LogP contribution is -2.00. The fourth-order valence-corrected chi connectivity index (χ4v) is 2.03. The van der Waals surface area contributed by atoms with Crippen LogP contribution in [0.2, 0.25) is 0 Å². The Morgan fingerprint density at radius 3 is 3.00 bits per heavy atom. The van der Waals surface area contributed by atoms with Gasteiger partial charge in [-0.05, 0) is 11.6 Å². The molecule has 2 rings (SSSR count). The molecule has 84 valence electrons. The Hall–Kier alpha value is -1.33. The van der Waals surface area contributed by atoms with E-state index in [0.29, 0.717) is 16.5 Å². The van der Waals surface area contributed by atoms with E-state index in [2.05, 4.69) is 4.98 Å². The molecule has 1 aromatic carbocycles. The van der Waals surface area contributed by atoms with Crippen molar-refractivity contribution in [3.63, 3.8) is 0 Å². The van der Waals surface area contributed by atoms with Gasteiger partial charge in [-0.15, -0.1) is 0 Å². The minimum atomic E-state index is -0.257. The number of nitrogens with zero attached hydrogens (tertiary/aromatic N) is 1. The number of aromatic nitrogens is 1. The number of benzene rings is 1. The van der Waals surface area contributed by atoms with Crippen LogP contribution in [-0.4, -0.2) is 4.98 Å². The molecule has 0 amide bonds. The molecule has 0 atom stereocenters. The van der Waals surface area contributed by atoms with Crippen LogP contribution in [0.4, 0.5) is 4.39 Å². The van der Waals surface area contributed by atoms with Gasteiger partial charge in [0.05, 0.1) is 6.20 Å². The largest absolute Gasteiger partial charge is 0.440 e. The van der Waals surface area contributed by atoms with Crippen molar-refractivity contribution in [3.05, 3.63) is 47.6 Å². The summed E-state index contributed by atoms with van der Waals surface area (Å²) in [5, 5.41) is 0.610. The molecule has 0 aliphatic rings. The predicted molar refractivity (Wildman–Crippen MR) is 60.4 cm³/mol. The first kappa shape index (κ1) is 11.2. The van der Waals surface area contributed by atoms with E-state index in [1.807, 2.05) is 0 Å². The molecular formula is C11H11FN2OS. The van der Waals surface area contributed by atoms with Gasteiger partial charge in [0, 0.05) is 17.9 Å². The summed E-state index contributed by atoms with van der Waals surface area (Å²) in [5.41, 5.74) is 6.97. The summed E-state index contributed by atoms with van der Waals surface area (Å²) < 4.78 is 18.3. The average Bonchev–Trinajstić information content (AvgIpc) is 2.81. The minimum Gasteiger partial charge on any atom is -0.440 e. The Kier molecular flexibility index (Phi) is 3.58. The second kappa shape index (κ2) is 5.14. The molecule has 0 aliphatic carbocycles. The Labute approximate surface area is 96.9 Å². The molecule has 2 N–H and O–H groups in total. The highest BCUT2D eigenvalue weighted by molar-refractivity contribution is 7.98. The normalized spacial score (nSPS) is 10.6. The fraction of sp³-hybridized carbons (Fsp3) is 0.182. The summed E-state index contributed by atoms with van der Waals surface area (Å²) >= 11 is 1.46. The number of rotatable bonds is 4. The van der Waals surface area contributed by atoms with Crippen LogP contribution in [-0.2, 0) is 12.3 Å². The molecule has 2 aromatic rings. The van der Waals surface area contributed by atoms with Gasteiger partial charge in [-0.25, -0.2) is 9.37 Å². The lowest BCUT2D eigenvalue weighted by molar-refractivity contribution is 0.454. The summed E-state index contributed by atoms with van der Waals surface area (Å²) in [4.78, 5) is 3.99. The SMILES string of the molecule is NCc1cc(CSc2ncco2)ccc1F. The summed E-state index contributed by atoms with van der Waals surface area (Å²) in [6.07, 6.45) is 3.12. The van der Waals surface area contributed by atoms with Crippen molar-refractivity contribution in [2.45, 2.75) is 17.5 Å². The van der Waals surface area contributed by atoms with Crippen molar-refractivity contribution in [1.29, 1.82) is 0 Å². The lowest BCUT2D eigenvalue weighted by Gasteiger charge is -2.03. The quantitative estimate of drug-likeness (QED) is 0.832. The third kappa shape index (κ3) is 2.62. The number of hydrogen-bond donors (Lipinski definition) is 1. The van der Waals surface area contributed by atoms with E-state index >= 15 is 0 Å². The van der Waals surface area contributed by atoms with E-state index in [1.54, 1.807) is 18.3 Å². The Balaban J connectivity index is 2.04. The van der Waals surface area contributed by atoms with Gasteiger partial charge in [-0.3, -0.25) is 0 Å². The first-order valence-corrected chi connectivity index (χ1v) is 5.78. The fourth-order valence-electron chi connectivity index (χ4n) is 1.30. The molecular weight excluding hydrogens is 227 g/mol. The predicted octanol–water partition coefficient (Wildman–Crippen LogP) is 2.56. The molecule has 0 radical (unpaired) electrons. The molecule has 1 aromatic heterocycles. The van der Waals surface area contributed by atoms with E-state index in [9.17, 15) is 4.39 Å². The molecule has 16 heavy (non-hydrogen) atoms. The molecule has 0 saturated heterocycles. The van der Waals surface area contributed by atoms with E-state index in [1.165, 1.54) is 24.1 Å². The van der Waals surface area contributed by atoms with Gasteiger partial charge in [0.2, 0.25) is 0 Å². The molecule has 0 unspecified atom stereocenters. The van der Waals surface area contributed by atoms with Gasteiger partial charge in [-0.2, -0.15) is 0 Å². The summed E-state index contributed by atoms with van der Waals surface area (Å²) in [6.45, 7) is 0.212. The van der Waals surface area contributed by atoms with Gasteiger partial charge >= 0.3 is 0 Å². The monoisotopic (exact) mass is 238 g/mol. The second-order valence-corrected chi connectivity index (χ2v) is 4.14. The maximum absolute atomic E-state index is 13.2. The minimum absolute atomic E-state index is 0.212. The van der Waals surface area contributed by atoms with Crippen LogP contribution in [0.1, 0.15) is 11.1 Å². The van der Waals surface area contributed by atoms with Crippen molar-refractivity contribution >= 4 is 11.8 Å². The second-order valence-electron chi connectivity index (χ2n) is 3.22. The van der Waals surface area contributed by atoms with Gasteiger partial charge in [-0.1, -0.05) is 23.9 Å². The van der Waals surface area contributed by atoms with Crippen molar-refractivity contribution in [2.75, 3.05) is 0 Å². The van der Waals surface area contributed by atoms with Crippen LogP contribution in [0.5, 0.6) is 0 Å². The maximum Gasteiger partial charge on any atom is 0.255 e. The number of oxazole rings is 1. The van der Waals surface area contributed by atoms with Crippen LogP contribution in [0, 0.1) is 5.82 Å². The maximum atomic E-state index is 13.2. The van der Waals surface area contributed by atoms with Crippen LogP contribution < -0.4 is 5.73 Å². The van der Waals surface area contributed by atoms with Gasteiger partial charge in [0.15, 0.2) is 0 Å².